The van der Waals surface area contributed by atoms with E-state index < -0.39 is 0 Å². The minimum Gasteiger partial charge on any atom is -0.368 e. The number of imidazole rings is 1. The van der Waals surface area contributed by atoms with Crippen molar-refractivity contribution >= 4 is 17.2 Å². The molecule has 1 fully saturated rings. The highest BCUT2D eigenvalue weighted by Crippen LogP contribution is 2.17. The van der Waals surface area contributed by atoms with Gasteiger partial charge in [0.25, 0.3) is 5.91 Å². The molecule has 0 radical (unpaired) electrons. The highest BCUT2D eigenvalue weighted by atomic mass is 16.2. The van der Waals surface area contributed by atoms with Gasteiger partial charge in [0.05, 0.1) is 5.56 Å². The zero-order valence-electron chi connectivity index (χ0n) is 12.8. The molecule has 0 spiro atoms. The third kappa shape index (κ3) is 2.65. The predicted octanol–water partition coefficient (Wildman–Crippen LogP) is 2.30. The summed E-state index contributed by atoms with van der Waals surface area (Å²) < 4.78 is 1.88. The quantitative estimate of drug-likeness (QED) is 0.729. The molecule has 116 valence electrons. The topological polar surface area (TPSA) is 40.9 Å². The summed E-state index contributed by atoms with van der Waals surface area (Å²) in [6.45, 7) is 3.22. The van der Waals surface area contributed by atoms with E-state index in [1.807, 2.05) is 52.0 Å². The molecule has 1 aliphatic rings. The maximum absolute atomic E-state index is 12.7. The number of para-hydroxylation sites is 1. The molecule has 1 aliphatic heterocycles. The van der Waals surface area contributed by atoms with Crippen LogP contribution in [0.4, 0.5) is 5.69 Å². The molecule has 3 heterocycles. The molecule has 4 rings (SSSR count). The van der Waals surface area contributed by atoms with Gasteiger partial charge >= 0.3 is 0 Å². The summed E-state index contributed by atoms with van der Waals surface area (Å²) >= 11 is 0. The van der Waals surface area contributed by atoms with Crippen molar-refractivity contribution in [1.82, 2.24) is 14.3 Å². The number of piperazine rings is 1. The average molecular weight is 306 g/mol. The number of amides is 1. The van der Waals surface area contributed by atoms with Gasteiger partial charge in [-0.1, -0.05) is 18.2 Å². The van der Waals surface area contributed by atoms with Crippen LogP contribution in [0, 0.1) is 0 Å². The van der Waals surface area contributed by atoms with E-state index in [0.29, 0.717) is 5.56 Å². The highest BCUT2D eigenvalue weighted by Gasteiger charge is 2.22. The Balaban J connectivity index is 1.46. The normalized spacial score (nSPS) is 15.1. The SMILES string of the molecule is O=C(c1ccc2nccn2c1)N1CCN(c2ccccc2)CC1. The van der Waals surface area contributed by atoms with Gasteiger partial charge < -0.3 is 14.2 Å². The molecule has 1 amide bonds. The number of rotatable bonds is 2. The molecule has 0 N–H and O–H groups in total. The van der Waals surface area contributed by atoms with Gasteiger partial charge in [-0.25, -0.2) is 4.98 Å². The number of nitrogens with zero attached hydrogens (tertiary/aromatic N) is 4. The lowest BCUT2D eigenvalue weighted by atomic mass is 10.2. The van der Waals surface area contributed by atoms with Gasteiger partial charge in [0.15, 0.2) is 0 Å². The lowest BCUT2D eigenvalue weighted by Gasteiger charge is -2.36. The highest BCUT2D eigenvalue weighted by molar-refractivity contribution is 5.94. The number of carbonyl (C=O) groups excluding carboxylic acids is 1. The van der Waals surface area contributed by atoms with Crippen LogP contribution in [0.3, 0.4) is 0 Å². The van der Waals surface area contributed by atoms with E-state index in [9.17, 15) is 4.79 Å². The molecule has 3 aromatic rings. The average Bonchev–Trinajstić information content (AvgIpc) is 3.10. The Hall–Kier alpha value is -2.82. The van der Waals surface area contributed by atoms with Crippen LogP contribution in [-0.4, -0.2) is 46.4 Å². The van der Waals surface area contributed by atoms with Crippen molar-refractivity contribution in [2.24, 2.45) is 0 Å². The summed E-state index contributed by atoms with van der Waals surface area (Å²) in [6, 6.07) is 14.1. The first-order valence-corrected chi connectivity index (χ1v) is 7.83. The second-order valence-electron chi connectivity index (χ2n) is 5.73. The second kappa shape index (κ2) is 5.76. The summed E-state index contributed by atoms with van der Waals surface area (Å²) in [4.78, 5) is 21.1. The second-order valence-corrected chi connectivity index (χ2v) is 5.73. The molecular weight excluding hydrogens is 288 g/mol. The van der Waals surface area contributed by atoms with E-state index in [-0.39, 0.29) is 5.91 Å². The van der Waals surface area contributed by atoms with E-state index in [1.165, 1.54) is 5.69 Å². The Morgan fingerprint density at radius 3 is 2.52 bits per heavy atom. The van der Waals surface area contributed by atoms with E-state index in [4.69, 9.17) is 0 Å². The number of anilines is 1. The number of carbonyl (C=O) groups is 1. The fourth-order valence-corrected chi connectivity index (χ4v) is 3.04. The number of hydrogen-bond acceptors (Lipinski definition) is 3. The Kier molecular flexibility index (Phi) is 3.46. The molecule has 1 saturated heterocycles. The number of hydrogen-bond donors (Lipinski definition) is 0. The predicted molar refractivity (Wildman–Crippen MR) is 89.8 cm³/mol. The Morgan fingerprint density at radius 2 is 1.74 bits per heavy atom. The van der Waals surface area contributed by atoms with Crippen LogP contribution >= 0.6 is 0 Å². The third-order valence-corrected chi connectivity index (χ3v) is 4.32. The van der Waals surface area contributed by atoms with Gasteiger partial charge in [-0.05, 0) is 24.3 Å². The summed E-state index contributed by atoms with van der Waals surface area (Å²) in [5, 5.41) is 0. The first-order valence-electron chi connectivity index (χ1n) is 7.83. The Morgan fingerprint density at radius 1 is 0.957 bits per heavy atom. The van der Waals surface area contributed by atoms with Crippen molar-refractivity contribution < 1.29 is 4.79 Å². The number of benzene rings is 1. The van der Waals surface area contributed by atoms with Crippen molar-refractivity contribution in [3.8, 4) is 0 Å². The van der Waals surface area contributed by atoms with Crippen LogP contribution in [0.5, 0.6) is 0 Å². The Labute approximate surface area is 134 Å². The molecule has 2 aromatic heterocycles. The lowest BCUT2D eigenvalue weighted by Crippen LogP contribution is -2.48. The van der Waals surface area contributed by atoms with Crippen molar-refractivity contribution in [1.29, 1.82) is 0 Å². The zero-order chi connectivity index (χ0) is 15.6. The van der Waals surface area contributed by atoms with Gasteiger partial charge in [0.2, 0.25) is 0 Å². The molecule has 0 saturated carbocycles. The fourth-order valence-electron chi connectivity index (χ4n) is 3.04. The van der Waals surface area contributed by atoms with Gasteiger partial charge in [0, 0.05) is 50.5 Å². The molecule has 23 heavy (non-hydrogen) atoms. The van der Waals surface area contributed by atoms with E-state index in [2.05, 4.69) is 22.0 Å². The van der Waals surface area contributed by atoms with Crippen LogP contribution in [0.2, 0.25) is 0 Å². The summed E-state index contributed by atoms with van der Waals surface area (Å²) in [6.07, 6.45) is 5.45. The van der Waals surface area contributed by atoms with Gasteiger partial charge in [-0.2, -0.15) is 0 Å². The van der Waals surface area contributed by atoms with Gasteiger partial charge in [-0.15, -0.1) is 0 Å². The molecule has 0 bridgehead atoms. The van der Waals surface area contributed by atoms with Crippen LogP contribution in [0.1, 0.15) is 10.4 Å². The molecule has 5 nitrogen and oxygen atoms in total. The van der Waals surface area contributed by atoms with Crippen LogP contribution in [0.15, 0.2) is 61.1 Å². The Bertz CT molecular complexity index is 819. The molecule has 0 atom stereocenters. The maximum atomic E-state index is 12.7. The van der Waals surface area contributed by atoms with Crippen molar-refractivity contribution in [2.45, 2.75) is 0 Å². The lowest BCUT2D eigenvalue weighted by molar-refractivity contribution is 0.0746. The van der Waals surface area contributed by atoms with Crippen molar-refractivity contribution in [3.05, 3.63) is 66.6 Å². The number of fused-ring (bicyclic) bond motifs is 1. The minimum atomic E-state index is 0.0910. The zero-order valence-corrected chi connectivity index (χ0v) is 12.8. The number of pyridine rings is 1. The van der Waals surface area contributed by atoms with E-state index in [1.54, 1.807) is 6.20 Å². The standard InChI is InChI=1S/C18H18N4O/c23-18(15-6-7-17-19-8-9-22(17)14-15)21-12-10-20(11-13-21)16-4-2-1-3-5-16/h1-9,14H,10-13H2. The minimum absolute atomic E-state index is 0.0910. The summed E-state index contributed by atoms with van der Waals surface area (Å²) in [5.74, 6) is 0.0910. The van der Waals surface area contributed by atoms with E-state index in [0.717, 1.165) is 31.8 Å². The van der Waals surface area contributed by atoms with Gasteiger partial charge in [-0.3, -0.25) is 4.79 Å². The number of aromatic nitrogens is 2. The first kappa shape index (κ1) is 13.8. The first-order chi connectivity index (χ1) is 11.3. The fraction of sp³-hybridized carbons (Fsp3) is 0.222. The monoisotopic (exact) mass is 306 g/mol. The van der Waals surface area contributed by atoms with Crippen LogP contribution in [-0.2, 0) is 0 Å². The molecule has 5 heteroatoms. The van der Waals surface area contributed by atoms with Crippen LogP contribution < -0.4 is 4.90 Å². The molecule has 0 unspecified atom stereocenters. The third-order valence-electron chi connectivity index (χ3n) is 4.32. The maximum Gasteiger partial charge on any atom is 0.255 e. The summed E-state index contributed by atoms with van der Waals surface area (Å²) in [5.41, 5.74) is 2.79. The largest absolute Gasteiger partial charge is 0.368 e. The van der Waals surface area contributed by atoms with Crippen LogP contribution in [0.25, 0.3) is 5.65 Å². The van der Waals surface area contributed by atoms with E-state index >= 15 is 0 Å². The smallest absolute Gasteiger partial charge is 0.255 e. The molecule has 1 aromatic carbocycles. The molecular formula is C18H18N4O. The van der Waals surface area contributed by atoms with Crippen molar-refractivity contribution in [2.75, 3.05) is 31.1 Å². The van der Waals surface area contributed by atoms with Crippen molar-refractivity contribution in [3.63, 3.8) is 0 Å². The summed E-state index contributed by atoms with van der Waals surface area (Å²) in [7, 11) is 0. The molecule has 0 aliphatic carbocycles. The van der Waals surface area contributed by atoms with Gasteiger partial charge in [0.1, 0.15) is 5.65 Å².